The van der Waals surface area contributed by atoms with Crippen molar-refractivity contribution in [2.45, 2.75) is 25.4 Å². The first-order chi connectivity index (χ1) is 8.75. The topological polar surface area (TPSA) is 20.2 Å². The number of rotatable bonds is 5. The number of aryl methyl sites for hydroxylation is 1. The van der Waals surface area contributed by atoms with Gasteiger partial charge in [-0.05, 0) is 36.5 Å². The molecule has 1 N–H and O–H groups in total. The predicted octanol–water partition coefficient (Wildman–Crippen LogP) is 3.88. The highest BCUT2D eigenvalue weighted by Gasteiger charge is 2.08. The Bertz CT molecular complexity index is 481. The van der Waals surface area contributed by atoms with Gasteiger partial charge in [0.05, 0.1) is 6.10 Å². The molecule has 0 aliphatic rings. The second-order valence-electron chi connectivity index (χ2n) is 4.47. The summed E-state index contributed by atoms with van der Waals surface area (Å²) in [4.78, 5) is 0. The number of benzene rings is 2. The van der Waals surface area contributed by atoms with E-state index in [2.05, 4.69) is 12.1 Å². The van der Waals surface area contributed by atoms with Gasteiger partial charge in [-0.25, -0.2) is 0 Å². The number of aliphatic hydroxyl groups is 1. The van der Waals surface area contributed by atoms with Crippen molar-refractivity contribution < 1.29 is 5.11 Å². The van der Waals surface area contributed by atoms with E-state index in [0.717, 1.165) is 23.4 Å². The summed E-state index contributed by atoms with van der Waals surface area (Å²) in [5.74, 6) is 0. The maximum Gasteiger partial charge on any atom is 0.0584 e. The lowest BCUT2D eigenvalue weighted by atomic mass is 10.0. The minimum absolute atomic E-state index is 0.342. The molecule has 2 rings (SSSR count). The van der Waals surface area contributed by atoms with Gasteiger partial charge in [-0.15, -0.1) is 0 Å². The first kappa shape index (κ1) is 13.1. The van der Waals surface area contributed by atoms with Crippen LogP contribution in [0.5, 0.6) is 0 Å². The highest BCUT2D eigenvalue weighted by atomic mass is 35.5. The molecular formula is C16H17ClO. The maximum atomic E-state index is 10.0. The predicted molar refractivity (Wildman–Crippen MR) is 75.9 cm³/mol. The van der Waals surface area contributed by atoms with Crippen LogP contribution in [-0.4, -0.2) is 11.2 Å². The third kappa shape index (κ3) is 3.86. The van der Waals surface area contributed by atoms with Gasteiger partial charge < -0.3 is 5.11 Å². The number of aliphatic hydroxyl groups excluding tert-OH is 1. The summed E-state index contributed by atoms with van der Waals surface area (Å²) in [5, 5.41) is 10.8. The van der Waals surface area contributed by atoms with Gasteiger partial charge in [-0.3, -0.25) is 0 Å². The van der Waals surface area contributed by atoms with Crippen LogP contribution in [0.15, 0.2) is 54.6 Å². The van der Waals surface area contributed by atoms with E-state index in [4.69, 9.17) is 11.6 Å². The summed E-state index contributed by atoms with van der Waals surface area (Å²) in [6, 6.07) is 17.9. The lowest BCUT2D eigenvalue weighted by Crippen LogP contribution is -2.11. The van der Waals surface area contributed by atoms with Crippen LogP contribution in [-0.2, 0) is 12.8 Å². The molecule has 0 saturated carbocycles. The van der Waals surface area contributed by atoms with Gasteiger partial charge in [0, 0.05) is 5.02 Å². The Labute approximate surface area is 113 Å². The van der Waals surface area contributed by atoms with E-state index in [1.807, 2.05) is 42.5 Å². The summed E-state index contributed by atoms with van der Waals surface area (Å²) < 4.78 is 0. The Hall–Kier alpha value is -1.31. The Morgan fingerprint density at radius 3 is 2.33 bits per heavy atom. The average Bonchev–Trinajstić information content (AvgIpc) is 2.40. The number of hydrogen-bond acceptors (Lipinski definition) is 1. The molecule has 2 aromatic carbocycles. The summed E-state index contributed by atoms with van der Waals surface area (Å²) >= 11 is 6.07. The van der Waals surface area contributed by atoms with Gasteiger partial charge in [0.1, 0.15) is 0 Å². The maximum absolute atomic E-state index is 10.0. The van der Waals surface area contributed by atoms with E-state index in [9.17, 15) is 5.11 Å². The van der Waals surface area contributed by atoms with Crippen LogP contribution in [0.4, 0.5) is 0 Å². The molecule has 1 atom stereocenters. The van der Waals surface area contributed by atoms with Gasteiger partial charge >= 0.3 is 0 Å². The molecule has 0 saturated heterocycles. The Kier molecular flexibility index (Phi) is 4.80. The largest absolute Gasteiger partial charge is 0.393 e. The van der Waals surface area contributed by atoms with Crippen molar-refractivity contribution in [1.82, 2.24) is 0 Å². The van der Waals surface area contributed by atoms with Gasteiger partial charge in [-0.1, -0.05) is 60.1 Å². The van der Waals surface area contributed by atoms with Crippen molar-refractivity contribution in [2.75, 3.05) is 0 Å². The Morgan fingerprint density at radius 1 is 0.944 bits per heavy atom. The van der Waals surface area contributed by atoms with Crippen LogP contribution in [0.2, 0.25) is 5.02 Å². The molecule has 0 aliphatic heterocycles. The summed E-state index contributed by atoms with van der Waals surface area (Å²) in [6.07, 6.45) is 1.93. The molecule has 1 unspecified atom stereocenters. The molecule has 18 heavy (non-hydrogen) atoms. The van der Waals surface area contributed by atoms with Crippen LogP contribution in [0.3, 0.4) is 0 Å². The lowest BCUT2D eigenvalue weighted by Gasteiger charge is -2.11. The zero-order chi connectivity index (χ0) is 12.8. The van der Waals surface area contributed by atoms with Crippen molar-refractivity contribution in [3.05, 3.63) is 70.7 Å². The second kappa shape index (κ2) is 6.58. The molecular weight excluding hydrogens is 244 g/mol. The third-order valence-electron chi connectivity index (χ3n) is 3.02. The van der Waals surface area contributed by atoms with Crippen molar-refractivity contribution >= 4 is 11.6 Å². The van der Waals surface area contributed by atoms with E-state index in [0.29, 0.717) is 6.42 Å². The van der Waals surface area contributed by atoms with E-state index in [-0.39, 0.29) is 6.10 Å². The smallest absolute Gasteiger partial charge is 0.0584 e. The van der Waals surface area contributed by atoms with Crippen molar-refractivity contribution in [3.8, 4) is 0 Å². The SMILES string of the molecule is OC(CCc1ccccc1)Cc1ccccc1Cl. The average molecular weight is 261 g/mol. The first-order valence-corrected chi connectivity index (χ1v) is 6.59. The molecule has 0 aromatic heterocycles. The van der Waals surface area contributed by atoms with Gasteiger partial charge in [0.25, 0.3) is 0 Å². The molecule has 2 heteroatoms. The molecule has 1 nitrogen and oxygen atoms in total. The fraction of sp³-hybridized carbons (Fsp3) is 0.250. The zero-order valence-corrected chi connectivity index (χ0v) is 11.0. The van der Waals surface area contributed by atoms with Crippen LogP contribution in [0.1, 0.15) is 17.5 Å². The Morgan fingerprint density at radius 2 is 1.61 bits per heavy atom. The highest BCUT2D eigenvalue weighted by molar-refractivity contribution is 6.31. The molecule has 0 spiro atoms. The third-order valence-corrected chi connectivity index (χ3v) is 3.39. The molecule has 2 aromatic rings. The summed E-state index contributed by atoms with van der Waals surface area (Å²) in [7, 11) is 0. The molecule has 0 fully saturated rings. The van der Waals surface area contributed by atoms with E-state index >= 15 is 0 Å². The van der Waals surface area contributed by atoms with E-state index in [1.54, 1.807) is 0 Å². The summed E-state index contributed by atoms with van der Waals surface area (Å²) in [5.41, 5.74) is 2.27. The molecule has 0 radical (unpaired) electrons. The normalized spacial score (nSPS) is 12.3. The number of hydrogen-bond donors (Lipinski definition) is 1. The van der Waals surface area contributed by atoms with Crippen molar-refractivity contribution in [1.29, 1.82) is 0 Å². The van der Waals surface area contributed by atoms with Crippen LogP contribution < -0.4 is 0 Å². The van der Waals surface area contributed by atoms with Gasteiger partial charge in [-0.2, -0.15) is 0 Å². The molecule has 0 heterocycles. The molecule has 0 aliphatic carbocycles. The zero-order valence-electron chi connectivity index (χ0n) is 10.2. The van der Waals surface area contributed by atoms with Gasteiger partial charge in [0.15, 0.2) is 0 Å². The summed E-state index contributed by atoms with van der Waals surface area (Å²) in [6.45, 7) is 0. The van der Waals surface area contributed by atoms with Crippen molar-refractivity contribution in [2.24, 2.45) is 0 Å². The quantitative estimate of drug-likeness (QED) is 0.865. The second-order valence-corrected chi connectivity index (χ2v) is 4.88. The molecule has 0 amide bonds. The van der Waals surface area contributed by atoms with Crippen LogP contribution in [0, 0.1) is 0 Å². The first-order valence-electron chi connectivity index (χ1n) is 6.21. The fourth-order valence-electron chi connectivity index (χ4n) is 2.00. The highest BCUT2D eigenvalue weighted by Crippen LogP contribution is 2.18. The minimum atomic E-state index is -0.342. The lowest BCUT2D eigenvalue weighted by molar-refractivity contribution is 0.165. The van der Waals surface area contributed by atoms with E-state index in [1.165, 1.54) is 5.56 Å². The van der Waals surface area contributed by atoms with Gasteiger partial charge in [0.2, 0.25) is 0 Å². The number of halogens is 1. The Balaban J connectivity index is 1.86. The van der Waals surface area contributed by atoms with Crippen LogP contribution >= 0.6 is 11.6 Å². The van der Waals surface area contributed by atoms with Crippen LogP contribution in [0.25, 0.3) is 0 Å². The molecule has 94 valence electrons. The standard InChI is InChI=1S/C16H17ClO/c17-16-9-5-4-8-14(16)12-15(18)11-10-13-6-2-1-3-7-13/h1-9,15,18H,10-12H2. The minimum Gasteiger partial charge on any atom is -0.393 e. The fourth-order valence-corrected chi connectivity index (χ4v) is 2.21. The monoisotopic (exact) mass is 260 g/mol. The molecule has 0 bridgehead atoms. The van der Waals surface area contributed by atoms with E-state index < -0.39 is 0 Å². The van der Waals surface area contributed by atoms with Crippen molar-refractivity contribution in [3.63, 3.8) is 0 Å².